The molecule has 0 atom stereocenters. The molecule has 0 aliphatic carbocycles. The summed E-state index contributed by atoms with van der Waals surface area (Å²) in [4.78, 5) is 24.0. The van der Waals surface area contributed by atoms with Crippen molar-refractivity contribution in [3.05, 3.63) is 28.3 Å². The fourth-order valence-corrected chi connectivity index (χ4v) is 1.35. The van der Waals surface area contributed by atoms with Crippen molar-refractivity contribution in [2.45, 2.75) is 4.90 Å². The van der Waals surface area contributed by atoms with Crippen LogP contribution in [-0.2, 0) is 4.79 Å². The van der Waals surface area contributed by atoms with Gasteiger partial charge < -0.3 is 0 Å². The van der Waals surface area contributed by atoms with Gasteiger partial charge in [-0.3, -0.25) is 10.1 Å². The monoisotopic (exact) mass is 210 g/mol. The van der Waals surface area contributed by atoms with Crippen molar-refractivity contribution < 1.29 is 9.72 Å². The lowest BCUT2D eigenvalue weighted by Crippen LogP contribution is -1.88. The van der Waals surface area contributed by atoms with E-state index in [9.17, 15) is 14.9 Å². The number of nitro benzene ring substituents is 1. The van der Waals surface area contributed by atoms with Gasteiger partial charge in [0.05, 0.1) is 4.92 Å². The Hall–Kier alpha value is -1.65. The lowest BCUT2D eigenvalue weighted by atomic mass is 10.3. The molecule has 0 aliphatic rings. The maximum atomic E-state index is 10.6. The van der Waals surface area contributed by atoms with Crippen LogP contribution in [0.2, 0.25) is 0 Å². The molecule has 0 aliphatic heterocycles. The van der Waals surface area contributed by atoms with Crippen LogP contribution in [0.1, 0.15) is 0 Å². The van der Waals surface area contributed by atoms with Gasteiger partial charge in [-0.1, -0.05) is 0 Å². The van der Waals surface area contributed by atoms with Gasteiger partial charge in [0, 0.05) is 11.0 Å². The van der Waals surface area contributed by atoms with E-state index in [-0.39, 0.29) is 11.4 Å². The zero-order valence-electron chi connectivity index (χ0n) is 7.26. The minimum Gasteiger partial charge on any atom is -0.258 e. The maximum Gasteiger partial charge on any atom is 0.296 e. The highest BCUT2D eigenvalue weighted by Crippen LogP contribution is 2.30. The standard InChI is InChI=1S/C8H6N2O3S/c1-14-6-2-3-7(9-5-11)8(4-6)10(12)13/h2-4H,1H3. The van der Waals surface area contributed by atoms with Gasteiger partial charge in [0.25, 0.3) is 5.69 Å². The Morgan fingerprint density at radius 2 is 2.29 bits per heavy atom. The normalized spacial score (nSPS) is 9.21. The Morgan fingerprint density at radius 3 is 2.79 bits per heavy atom. The summed E-state index contributed by atoms with van der Waals surface area (Å²) < 4.78 is 0. The van der Waals surface area contributed by atoms with Crippen molar-refractivity contribution in [3.8, 4) is 0 Å². The number of nitrogens with zero attached hydrogens (tertiary/aromatic N) is 2. The number of hydrogen-bond acceptors (Lipinski definition) is 5. The minimum absolute atomic E-state index is 0.0304. The van der Waals surface area contributed by atoms with Crippen LogP contribution in [-0.4, -0.2) is 17.3 Å². The van der Waals surface area contributed by atoms with Gasteiger partial charge in [0.15, 0.2) is 5.69 Å². The zero-order valence-corrected chi connectivity index (χ0v) is 8.08. The number of thioether (sulfide) groups is 1. The topological polar surface area (TPSA) is 72.6 Å². The third-order valence-electron chi connectivity index (χ3n) is 1.55. The molecular formula is C8H6N2O3S. The van der Waals surface area contributed by atoms with E-state index in [2.05, 4.69) is 4.99 Å². The van der Waals surface area contributed by atoms with Crippen LogP contribution in [0.4, 0.5) is 11.4 Å². The first-order chi connectivity index (χ1) is 6.69. The number of carbonyl (C=O) groups excluding carboxylic acids is 1. The molecule has 0 saturated carbocycles. The second-order valence-corrected chi connectivity index (χ2v) is 3.19. The SMILES string of the molecule is CSc1ccc(N=C=O)c([N+](=O)[O-])c1. The average molecular weight is 210 g/mol. The molecule has 0 spiro atoms. The fourth-order valence-electron chi connectivity index (χ4n) is 0.920. The molecule has 0 saturated heterocycles. The highest BCUT2D eigenvalue weighted by molar-refractivity contribution is 7.98. The van der Waals surface area contributed by atoms with Gasteiger partial charge in [-0.05, 0) is 18.4 Å². The highest BCUT2D eigenvalue weighted by Gasteiger charge is 2.13. The molecule has 0 amide bonds. The molecule has 1 aromatic rings. The Kier molecular flexibility index (Phi) is 3.39. The minimum atomic E-state index is -0.574. The van der Waals surface area contributed by atoms with Gasteiger partial charge in [0.1, 0.15) is 0 Å². The predicted octanol–water partition coefficient (Wildman–Crippen LogP) is 2.28. The molecule has 0 radical (unpaired) electrons. The number of isocyanates is 1. The Balaban J connectivity index is 3.30. The molecule has 0 unspecified atom stereocenters. The maximum absolute atomic E-state index is 10.6. The number of aliphatic imine (C=N–C) groups is 1. The summed E-state index contributed by atoms with van der Waals surface area (Å²) in [6.45, 7) is 0. The van der Waals surface area contributed by atoms with Crippen LogP contribution < -0.4 is 0 Å². The molecule has 6 heteroatoms. The van der Waals surface area contributed by atoms with Crippen molar-refractivity contribution in [2.75, 3.05) is 6.26 Å². The number of benzene rings is 1. The second kappa shape index (κ2) is 4.55. The summed E-state index contributed by atoms with van der Waals surface area (Å²) in [6, 6.07) is 4.46. The van der Waals surface area contributed by atoms with Crippen molar-refractivity contribution in [2.24, 2.45) is 4.99 Å². The molecule has 0 aromatic heterocycles. The first-order valence-electron chi connectivity index (χ1n) is 3.59. The predicted molar refractivity (Wildman–Crippen MR) is 52.7 cm³/mol. The fraction of sp³-hybridized carbons (Fsp3) is 0.125. The summed E-state index contributed by atoms with van der Waals surface area (Å²) in [5.74, 6) is 0. The van der Waals surface area contributed by atoms with Crippen LogP contribution in [0.25, 0.3) is 0 Å². The van der Waals surface area contributed by atoms with Gasteiger partial charge in [-0.2, -0.15) is 4.99 Å². The first kappa shape index (κ1) is 10.4. The van der Waals surface area contributed by atoms with Crippen molar-refractivity contribution in [1.29, 1.82) is 0 Å². The van der Waals surface area contributed by atoms with Gasteiger partial charge in [-0.25, -0.2) is 4.79 Å². The van der Waals surface area contributed by atoms with Gasteiger partial charge >= 0.3 is 0 Å². The molecule has 0 bridgehead atoms. The lowest BCUT2D eigenvalue weighted by Gasteiger charge is -1.98. The Labute approximate surface area is 84.0 Å². The third-order valence-corrected chi connectivity index (χ3v) is 2.27. The van der Waals surface area contributed by atoms with Crippen LogP contribution in [0.3, 0.4) is 0 Å². The summed E-state index contributed by atoms with van der Waals surface area (Å²) in [6.07, 6.45) is 3.09. The quantitative estimate of drug-likeness (QED) is 0.252. The first-order valence-corrected chi connectivity index (χ1v) is 4.82. The van der Waals surface area contributed by atoms with E-state index >= 15 is 0 Å². The van der Waals surface area contributed by atoms with Crippen molar-refractivity contribution >= 4 is 29.2 Å². The van der Waals surface area contributed by atoms with E-state index in [1.54, 1.807) is 6.07 Å². The molecule has 0 heterocycles. The van der Waals surface area contributed by atoms with Crippen molar-refractivity contribution in [3.63, 3.8) is 0 Å². The summed E-state index contributed by atoms with van der Waals surface area (Å²) in [7, 11) is 0. The highest BCUT2D eigenvalue weighted by atomic mass is 32.2. The summed E-state index contributed by atoms with van der Waals surface area (Å²) in [5, 5.41) is 10.6. The zero-order chi connectivity index (χ0) is 10.6. The van der Waals surface area contributed by atoms with Gasteiger partial charge in [-0.15, -0.1) is 11.8 Å². The van der Waals surface area contributed by atoms with Gasteiger partial charge in [0.2, 0.25) is 6.08 Å². The number of rotatable bonds is 3. The Bertz CT molecular complexity index is 413. The van der Waals surface area contributed by atoms with Crippen LogP contribution in [0, 0.1) is 10.1 Å². The van der Waals surface area contributed by atoms with Crippen LogP contribution >= 0.6 is 11.8 Å². The lowest BCUT2D eigenvalue weighted by molar-refractivity contribution is -0.384. The van der Waals surface area contributed by atoms with Crippen LogP contribution in [0.5, 0.6) is 0 Å². The number of hydrogen-bond donors (Lipinski definition) is 0. The average Bonchev–Trinajstić information content (AvgIpc) is 2.18. The van der Waals surface area contributed by atoms with Crippen LogP contribution in [0.15, 0.2) is 28.1 Å². The molecule has 72 valence electrons. The molecule has 0 fully saturated rings. The molecule has 1 aromatic carbocycles. The summed E-state index contributed by atoms with van der Waals surface area (Å²) in [5.41, 5.74) is -0.150. The van der Waals surface area contributed by atoms with Crippen molar-refractivity contribution in [1.82, 2.24) is 0 Å². The summed E-state index contributed by atoms with van der Waals surface area (Å²) >= 11 is 1.38. The second-order valence-electron chi connectivity index (χ2n) is 2.31. The third kappa shape index (κ3) is 2.18. The molecule has 1 rings (SSSR count). The van der Waals surface area contributed by atoms with E-state index in [1.165, 1.54) is 30.0 Å². The number of nitro groups is 1. The molecular weight excluding hydrogens is 204 g/mol. The van der Waals surface area contributed by atoms with E-state index in [4.69, 9.17) is 0 Å². The Morgan fingerprint density at radius 1 is 1.57 bits per heavy atom. The van der Waals surface area contributed by atoms with E-state index in [0.29, 0.717) is 0 Å². The van der Waals surface area contributed by atoms with E-state index in [0.717, 1.165) is 4.90 Å². The van der Waals surface area contributed by atoms with E-state index < -0.39 is 4.92 Å². The van der Waals surface area contributed by atoms with E-state index in [1.807, 2.05) is 6.26 Å². The smallest absolute Gasteiger partial charge is 0.258 e. The molecule has 0 N–H and O–H groups in total. The largest absolute Gasteiger partial charge is 0.296 e. The molecule has 5 nitrogen and oxygen atoms in total. The molecule has 14 heavy (non-hydrogen) atoms.